The zero-order valence-electron chi connectivity index (χ0n) is 19.0. The van der Waals surface area contributed by atoms with Gasteiger partial charge in [0.05, 0.1) is 11.2 Å². The lowest BCUT2D eigenvalue weighted by atomic mass is 9.86. The number of thioether (sulfide) groups is 1. The minimum atomic E-state index is -0.828. The van der Waals surface area contributed by atoms with Crippen LogP contribution in [0, 0.1) is 5.41 Å². The number of hydrogen-bond acceptors (Lipinski definition) is 5. The maximum atomic E-state index is 12.2. The standard InChI is InChI=1S/C26H30N2O5S/c29-23(28-17-26(24(30)31)11-5-6-12-26)16-34-14-13-27-25(32)33-15-22-20-9-3-1-7-18(20)19-8-2-4-10-21(19)22/h1-4,7-10,22H,5-6,11-17H2,(H,27,32)(H,28,29)(H,30,31). The van der Waals surface area contributed by atoms with Crippen LogP contribution in [0.1, 0.15) is 42.7 Å². The Bertz CT molecular complexity index is 1010. The Kier molecular flexibility index (Phi) is 7.77. The molecule has 2 aromatic rings. The second-order valence-corrected chi connectivity index (χ2v) is 9.98. The van der Waals surface area contributed by atoms with Gasteiger partial charge in [-0.25, -0.2) is 4.79 Å². The Morgan fingerprint density at radius 3 is 2.21 bits per heavy atom. The number of alkyl carbamates (subject to hydrolysis) is 1. The molecule has 3 N–H and O–H groups in total. The number of carboxylic acids is 1. The summed E-state index contributed by atoms with van der Waals surface area (Å²) in [7, 11) is 0. The van der Waals surface area contributed by atoms with E-state index in [1.807, 2.05) is 24.3 Å². The van der Waals surface area contributed by atoms with Gasteiger partial charge in [0.25, 0.3) is 0 Å². The summed E-state index contributed by atoms with van der Waals surface area (Å²) in [5.74, 6) is -0.210. The summed E-state index contributed by atoms with van der Waals surface area (Å²) < 4.78 is 5.50. The molecule has 2 aromatic carbocycles. The highest BCUT2D eigenvalue weighted by atomic mass is 32.2. The molecule has 2 aliphatic carbocycles. The van der Waals surface area contributed by atoms with Crippen LogP contribution >= 0.6 is 11.8 Å². The highest BCUT2D eigenvalue weighted by Crippen LogP contribution is 2.44. The average molecular weight is 483 g/mol. The second kappa shape index (κ2) is 11.0. The van der Waals surface area contributed by atoms with Gasteiger partial charge in [0, 0.05) is 24.8 Å². The molecule has 0 saturated heterocycles. The largest absolute Gasteiger partial charge is 0.481 e. The lowest BCUT2D eigenvalue weighted by Gasteiger charge is -2.23. The van der Waals surface area contributed by atoms with Crippen LogP contribution < -0.4 is 10.6 Å². The first-order valence-electron chi connectivity index (χ1n) is 11.7. The lowest BCUT2D eigenvalue weighted by Crippen LogP contribution is -2.41. The van der Waals surface area contributed by atoms with Crippen molar-refractivity contribution in [3.8, 4) is 11.1 Å². The van der Waals surface area contributed by atoms with Gasteiger partial charge in [-0.15, -0.1) is 0 Å². The minimum absolute atomic E-state index is 0.0187. The second-order valence-electron chi connectivity index (χ2n) is 8.87. The van der Waals surface area contributed by atoms with Crippen LogP contribution in [-0.4, -0.2) is 54.3 Å². The van der Waals surface area contributed by atoms with Gasteiger partial charge in [-0.2, -0.15) is 11.8 Å². The Labute approximate surface area is 203 Å². The fourth-order valence-corrected chi connectivity index (χ4v) is 5.55. The number of ether oxygens (including phenoxy) is 1. The van der Waals surface area contributed by atoms with Crippen molar-refractivity contribution in [3.63, 3.8) is 0 Å². The van der Waals surface area contributed by atoms with Crippen molar-refractivity contribution in [2.75, 3.05) is 31.2 Å². The summed E-state index contributed by atoms with van der Waals surface area (Å²) in [6.07, 6.45) is 2.52. The van der Waals surface area contributed by atoms with Gasteiger partial charge in [-0.3, -0.25) is 9.59 Å². The van der Waals surface area contributed by atoms with E-state index >= 15 is 0 Å². The van der Waals surface area contributed by atoms with E-state index in [0.29, 0.717) is 25.1 Å². The first-order chi connectivity index (χ1) is 16.5. The quantitative estimate of drug-likeness (QED) is 0.442. The number of amides is 2. The van der Waals surface area contributed by atoms with E-state index in [2.05, 4.69) is 34.9 Å². The maximum Gasteiger partial charge on any atom is 0.407 e. The number of carbonyl (C=O) groups excluding carboxylic acids is 2. The molecule has 1 saturated carbocycles. The van der Waals surface area contributed by atoms with E-state index < -0.39 is 17.5 Å². The zero-order chi connectivity index (χ0) is 24.0. The third kappa shape index (κ3) is 5.38. The van der Waals surface area contributed by atoms with E-state index in [1.165, 1.54) is 34.0 Å². The van der Waals surface area contributed by atoms with Crippen LogP contribution in [0.15, 0.2) is 48.5 Å². The van der Waals surface area contributed by atoms with E-state index in [-0.39, 0.29) is 30.7 Å². The first kappa shape index (κ1) is 24.1. The molecule has 4 rings (SSSR count). The van der Waals surface area contributed by atoms with Crippen molar-refractivity contribution in [2.24, 2.45) is 5.41 Å². The number of hydrogen-bond donors (Lipinski definition) is 3. The van der Waals surface area contributed by atoms with E-state index in [1.54, 1.807) is 0 Å². The third-order valence-corrected chi connectivity index (χ3v) is 7.69. The van der Waals surface area contributed by atoms with Crippen LogP contribution in [0.3, 0.4) is 0 Å². The molecule has 1 fully saturated rings. The fraction of sp³-hybridized carbons (Fsp3) is 0.423. The Morgan fingerprint density at radius 2 is 1.59 bits per heavy atom. The fourth-order valence-electron chi connectivity index (χ4n) is 4.88. The molecule has 2 amide bonds. The number of carboxylic acid groups (broad SMARTS) is 1. The monoisotopic (exact) mass is 482 g/mol. The van der Waals surface area contributed by atoms with Gasteiger partial charge in [0.1, 0.15) is 6.61 Å². The van der Waals surface area contributed by atoms with Gasteiger partial charge in [0.2, 0.25) is 5.91 Å². The van der Waals surface area contributed by atoms with Crippen molar-refractivity contribution < 1.29 is 24.2 Å². The van der Waals surface area contributed by atoms with Crippen molar-refractivity contribution in [1.82, 2.24) is 10.6 Å². The van der Waals surface area contributed by atoms with Gasteiger partial charge in [-0.05, 0) is 35.1 Å². The van der Waals surface area contributed by atoms with Crippen molar-refractivity contribution in [2.45, 2.75) is 31.6 Å². The summed E-state index contributed by atoms with van der Waals surface area (Å²) in [6.45, 7) is 0.828. The number of carbonyl (C=O) groups is 3. The summed E-state index contributed by atoms with van der Waals surface area (Å²) in [5, 5.41) is 15.0. The Hall–Kier alpha value is -3.00. The first-order valence-corrected chi connectivity index (χ1v) is 12.8. The van der Waals surface area contributed by atoms with Gasteiger partial charge in [-0.1, -0.05) is 61.4 Å². The molecule has 2 aliphatic rings. The third-order valence-electron chi connectivity index (χ3n) is 6.73. The molecule has 0 radical (unpaired) electrons. The summed E-state index contributed by atoms with van der Waals surface area (Å²) in [5.41, 5.74) is 3.89. The predicted octanol–water partition coefficient (Wildman–Crippen LogP) is 4.02. The Balaban J connectivity index is 1.14. The highest BCUT2D eigenvalue weighted by Gasteiger charge is 2.41. The van der Waals surface area contributed by atoms with Crippen LogP contribution in [0.2, 0.25) is 0 Å². The summed E-state index contributed by atoms with van der Waals surface area (Å²) >= 11 is 1.39. The minimum Gasteiger partial charge on any atom is -0.481 e. The molecule has 0 spiro atoms. The summed E-state index contributed by atoms with van der Waals surface area (Å²) in [4.78, 5) is 35.8. The van der Waals surface area contributed by atoms with Crippen LogP contribution in [0.25, 0.3) is 11.1 Å². The highest BCUT2D eigenvalue weighted by molar-refractivity contribution is 7.99. The smallest absolute Gasteiger partial charge is 0.407 e. The molecule has 34 heavy (non-hydrogen) atoms. The predicted molar refractivity (Wildman–Crippen MR) is 132 cm³/mol. The number of benzene rings is 2. The average Bonchev–Trinajstić information content (AvgIpc) is 3.45. The maximum absolute atomic E-state index is 12.2. The molecule has 0 unspecified atom stereocenters. The molecule has 0 bridgehead atoms. The lowest BCUT2D eigenvalue weighted by molar-refractivity contribution is -0.148. The van der Waals surface area contributed by atoms with Gasteiger partial charge < -0.3 is 20.5 Å². The van der Waals surface area contributed by atoms with Crippen LogP contribution in [-0.2, 0) is 14.3 Å². The molecule has 0 heterocycles. The molecule has 7 nitrogen and oxygen atoms in total. The SMILES string of the molecule is O=C(CSCCNC(=O)OCC1c2ccccc2-c2ccccc21)NCC1(C(=O)O)CCCC1. The zero-order valence-corrected chi connectivity index (χ0v) is 19.9. The number of nitrogens with one attached hydrogen (secondary N) is 2. The number of aliphatic carboxylic acids is 1. The number of fused-ring (bicyclic) bond motifs is 3. The van der Waals surface area contributed by atoms with Crippen LogP contribution in [0.5, 0.6) is 0 Å². The normalized spacial score (nSPS) is 15.9. The van der Waals surface area contributed by atoms with Crippen molar-refractivity contribution >= 4 is 29.7 Å². The molecular weight excluding hydrogens is 452 g/mol. The molecule has 0 atom stereocenters. The van der Waals surface area contributed by atoms with E-state index in [9.17, 15) is 19.5 Å². The molecular formula is C26H30N2O5S. The van der Waals surface area contributed by atoms with E-state index in [0.717, 1.165) is 12.8 Å². The molecule has 8 heteroatoms. The van der Waals surface area contributed by atoms with Crippen molar-refractivity contribution in [1.29, 1.82) is 0 Å². The van der Waals surface area contributed by atoms with Crippen LogP contribution in [0.4, 0.5) is 4.79 Å². The summed E-state index contributed by atoms with van der Waals surface area (Å²) in [6, 6.07) is 16.4. The van der Waals surface area contributed by atoms with E-state index in [4.69, 9.17) is 4.74 Å². The molecule has 0 aliphatic heterocycles. The topological polar surface area (TPSA) is 105 Å². The molecule has 0 aromatic heterocycles. The Morgan fingerprint density at radius 1 is 0.971 bits per heavy atom. The van der Waals surface area contributed by atoms with Gasteiger partial charge in [0.15, 0.2) is 0 Å². The molecule has 180 valence electrons. The van der Waals surface area contributed by atoms with Crippen molar-refractivity contribution in [3.05, 3.63) is 59.7 Å². The van der Waals surface area contributed by atoms with Gasteiger partial charge >= 0.3 is 12.1 Å². The number of rotatable bonds is 10.